The van der Waals surface area contributed by atoms with Crippen LogP contribution in [0.3, 0.4) is 0 Å². The summed E-state index contributed by atoms with van der Waals surface area (Å²) in [7, 11) is 0. The third kappa shape index (κ3) is 2.49. The van der Waals surface area contributed by atoms with Crippen LogP contribution in [-0.4, -0.2) is 16.5 Å². The van der Waals surface area contributed by atoms with Gasteiger partial charge >= 0.3 is 0 Å². The van der Waals surface area contributed by atoms with Gasteiger partial charge in [0.05, 0.1) is 17.6 Å². The predicted molar refractivity (Wildman–Crippen MR) is 105 cm³/mol. The van der Waals surface area contributed by atoms with Crippen LogP contribution in [0.1, 0.15) is 51.9 Å². The van der Waals surface area contributed by atoms with Gasteiger partial charge < -0.3 is 5.11 Å². The van der Waals surface area contributed by atoms with E-state index in [9.17, 15) is 15.2 Å². The molecule has 3 fully saturated rings. The zero-order chi connectivity index (χ0) is 17.8. The smallest absolute Gasteiger partial charge is 0.155 e. The van der Waals surface area contributed by atoms with Crippen molar-refractivity contribution >= 4 is 28.4 Å². The first kappa shape index (κ1) is 17.7. The third-order valence-corrected chi connectivity index (χ3v) is 8.43. The van der Waals surface area contributed by atoms with Gasteiger partial charge in [-0.2, -0.15) is 5.26 Å². The molecule has 0 spiro atoms. The minimum Gasteiger partial charge on any atom is -0.385 e. The summed E-state index contributed by atoms with van der Waals surface area (Å²) in [4.78, 5) is 11.9. The molecule has 0 saturated heterocycles. The summed E-state index contributed by atoms with van der Waals surface area (Å²) in [5.74, 6) is 2.02. The standard InChI is InChI=1S/C21H26INO2/c1-20-6-4-17-16-3-2-15(24)11-13(16)10-14(12-23)19(17)18(20)5-7-21(20,25)8-9-22/h8-9,11,14,16-19,25H,2-7,10H2,1H3/b9-8+/t14-,16-,17+,18-,19+,20-,21+/m0/s1/i22-2. The Balaban J connectivity index is 1.72. The van der Waals surface area contributed by atoms with Crippen LogP contribution in [0.15, 0.2) is 21.8 Å². The summed E-state index contributed by atoms with van der Waals surface area (Å²) in [5.41, 5.74) is 0.382. The van der Waals surface area contributed by atoms with Gasteiger partial charge in [-0.1, -0.05) is 35.1 Å². The molecule has 134 valence electrons. The minimum absolute atomic E-state index is 0.00560. The fraction of sp³-hybridized carbons (Fsp3) is 0.714. The van der Waals surface area contributed by atoms with E-state index in [-0.39, 0.29) is 17.1 Å². The number of aliphatic hydroxyl groups is 1. The maximum Gasteiger partial charge on any atom is 0.155 e. The van der Waals surface area contributed by atoms with Crippen LogP contribution < -0.4 is 0 Å². The van der Waals surface area contributed by atoms with Gasteiger partial charge in [-0.25, -0.2) is 0 Å². The number of hydrogen-bond donors (Lipinski definition) is 1. The Morgan fingerprint density at radius 1 is 1.36 bits per heavy atom. The number of carbonyl (C=O) groups is 1. The minimum atomic E-state index is -0.734. The monoisotopic (exact) mass is 449 g/mol. The first-order valence-corrected chi connectivity index (χ1v) is 10.8. The number of hydrogen-bond acceptors (Lipinski definition) is 3. The Labute approximate surface area is 163 Å². The van der Waals surface area contributed by atoms with Gasteiger partial charge in [0.15, 0.2) is 5.78 Å². The number of halogens is 1. The van der Waals surface area contributed by atoms with Crippen molar-refractivity contribution in [2.75, 3.05) is 0 Å². The van der Waals surface area contributed by atoms with Crippen LogP contribution in [0.5, 0.6) is 0 Å². The van der Waals surface area contributed by atoms with Gasteiger partial charge in [0.25, 0.3) is 0 Å². The third-order valence-electron chi connectivity index (χ3n) is 8.07. The Bertz CT molecular complexity index is 692. The van der Waals surface area contributed by atoms with Gasteiger partial charge in [-0.05, 0) is 78.4 Å². The maximum absolute atomic E-state index is 11.9. The van der Waals surface area contributed by atoms with E-state index in [2.05, 4.69) is 35.6 Å². The van der Waals surface area contributed by atoms with Gasteiger partial charge in [-0.15, -0.1) is 0 Å². The van der Waals surface area contributed by atoms with Gasteiger partial charge in [-0.3, -0.25) is 4.79 Å². The molecule has 7 atom stereocenters. The number of nitrogens with zero attached hydrogens (tertiary/aromatic N) is 1. The number of nitriles is 1. The van der Waals surface area contributed by atoms with E-state index in [0.29, 0.717) is 30.1 Å². The summed E-state index contributed by atoms with van der Waals surface area (Å²) in [6.07, 6.45) is 10.1. The second kappa shape index (κ2) is 6.20. The number of fused-ring (bicyclic) bond motifs is 5. The molecule has 3 nitrogen and oxygen atoms in total. The molecule has 4 rings (SSSR count). The summed E-state index contributed by atoms with van der Waals surface area (Å²) < 4.78 is 1.95. The lowest BCUT2D eigenvalue weighted by Crippen LogP contribution is -2.54. The van der Waals surface area contributed by atoms with Gasteiger partial charge in [0.1, 0.15) is 0 Å². The Morgan fingerprint density at radius 2 is 2.16 bits per heavy atom. The Morgan fingerprint density at radius 3 is 2.88 bits per heavy atom. The average Bonchev–Trinajstić information content (AvgIpc) is 2.85. The van der Waals surface area contributed by atoms with Crippen molar-refractivity contribution in [1.82, 2.24) is 0 Å². The van der Waals surface area contributed by atoms with E-state index >= 15 is 0 Å². The molecule has 0 amide bonds. The molecule has 0 unspecified atom stereocenters. The van der Waals surface area contributed by atoms with Crippen molar-refractivity contribution in [2.45, 2.75) is 57.5 Å². The van der Waals surface area contributed by atoms with Crippen LogP contribution in [0, 0.1) is 46.3 Å². The molecule has 25 heavy (non-hydrogen) atoms. The van der Waals surface area contributed by atoms with Crippen molar-refractivity contribution in [3.63, 3.8) is 0 Å². The SMILES string of the molecule is C[C@]12CC[C@H]3[C@@H]([C@H](C#N)CC4=CC(=O)CC[C@@H]43)[C@@H]1CC[C@@]2(O)/C=C/[125I]. The molecule has 1 N–H and O–H groups in total. The molecule has 3 saturated carbocycles. The fourth-order valence-corrected chi connectivity index (χ4v) is 7.39. The molecular weight excluding hydrogens is 423 g/mol. The highest BCUT2D eigenvalue weighted by Gasteiger charge is 2.63. The fourth-order valence-electron chi connectivity index (χ4n) is 6.79. The predicted octanol–water partition coefficient (Wildman–Crippen LogP) is 4.56. The Hall–Kier alpha value is -0.670. The van der Waals surface area contributed by atoms with E-state index in [4.69, 9.17) is 0 Å². The number of rotatable bonds is 1. The van der Waals surface area contributed by atoms with Crippen molar-refractivity contribution < 1.29 is 9.90 Å². The number of ketones is 1. The quantitative estimate of drug-likeness (QED) is 0.598. The highest BCUT2D eigenvalue weighted by atomic mass is 125. The lowest BCUT2D eigenvalue weighted by atomic mass is 9.48. The molecular formula is C21H26INO2. The zero-order valence-corrected chi connectivity index (χ0v) is 16.9. The van der Waals surface area contributed by atoms with E-state index < -0.39 is 5.60 Å². The molecule has 4 heteroatoms. The van der Waals surface area contributed by atoms with Crippen molar-refractivity contribution in [2.24, 2.45) is 35.0 Å². The van der Waals surface area contributed by atoms with Crippen LogP contribution in [0.25, 0.3) is 0 Å². The van der Waals surface area contributed by atoms with Crippen LogP contribution in [-0.2, 0) is 4.79 Å². The lowest BCUT2D eigenvalue weighted by Gasteiger charge is -2.56. The number of carbonyl (C=O) groups excluding carboxylic acids is 1. The van der Waals surface area contributed by atoms with Crippen LogP contribution >= 0.6 is 22.6 Å². The molecule has 0 aromatic carbocycles. The van der Waals surface area contributed by atoms with Crippen molar-refractivity contribution in [1.29, 1.82) is 5.26 Å². The molecule has 0 radical (unpaired) electrons. The highest BCUT2D eigenvalue weighted by Crippen LogP contribution is 2.66. The van der Waals surface area contributed by atoms with Crippen LogP contribution in [0.2, 0.25) is 0 Å². The maximum atomic E-state index is 11.9. The van der Waals surface area contributed by atoms with Gasteiger partial charge in [0, 0.05) is 11.8 Å². The van der Waals surface area contributed by atoms with E-state index in [1.807, 2.05) is 16.2 Å². The van der Waals surface area contributed by atoms with E-state index in [1.165, 1.54) is 5.57 Å². The first-order valence-electron chi connectivity index (χ1n) is 9.57. The molecule has 0 heterocycles. The Kier molecular flexibility index (Phi) is 4.39. The summed E-state index contributed by atoms with van der Waals surface area (Å²) in [5, 5.41) is 21.2. The van der Waals surface area contributed by atoms with Crippen molar-refractivity contribution in [3.05, 3.63) is 21.8 Å². The summed E-state index contributed by atoms with van der Waals surface area (Å²) in [6.45, 7) is 2.25. The molecule has 4 aliphatic rings. The van der Waals surface area contributed by atoms with E-state index in [1.54, 1.807) is 0 Å². The second-order valence-electron chi connectivity index (χ2n) is 8.83. The van der Waals surface area contributed by atoms with Crippen molar-refractivity contribution in [3.8, 4) is 6.07 Å². The second-order valence-corrected chi connectivity index (χ2v) is 9.55. The van der Waals surface area contributed by atoms with E-state index in [0.717, 1.165) is 38.5 Å². The average molecular weight is 449 g/mol. The summed E-state index contributed by atoms with van der Waals surface area (Å²) >= 11 is 2.20. The lowest BCUT2D eigenvalue weighted by molar-refractivity contribution is -0.117. The molecule has 4 aliphatic carbocycles. The molecule has 0 bridgehead atoms. The normalized spacial score (nSPS) is 49.1. The number of allylic oxidation sites excluding steroid dienone is 1. The topological polar surface area (TPSA) is 61.1 Å². The molecule has 0 aromatic heterocycles. The van der Waals surface area contributed by atoms with Gasteiger partial charge in [0.2, 0.25) is 0 Å². The largest absolute Gasteiger partial charge is 0.385 e. The molecule has 0 aromatic rings. The highest BCUT2D eigenvalue weighted by molar-refractivity contribution is 14.1. The summed E-state index contributed by atoms with van der Waals surface area (Å²) in [6, 6.07) is 2.59. The molecule has 0 aliphatic heterocycles. The van der Waals surface area contributed by atoms with Crippen LogP contribution in [0.4, 0.5) is 0 Å². The first-order chi connectivity index (χ1) is 11.9. The zero-order valence-electron chi connectivity index (χ0n) is 14.7.